The van der Waals surface area contributed by atoms with Gasteiger partial charge in [-0.25, -0.2) is 0 Å². The van der Waals surface area contributed by atoms with Gasteiger partial charge in [0.1, 0.15) is 19.8 Å². The molecule has 0 heterocycles. The third kappa shape index (κ3) is 36.0. The normalized spacial score (nSPS) is 14.1. The molecular formula is C40H74NO8P. The molecule has 50 heavy (non-hydrogen) atoms. The van der Waals surface area contributed by atoms with Crippen molar-refractivity contribution in [1.82, 2.24) is 0 Å². The molecule has 0 bridgehead atoms. The van der Waals surface area contributed by atoms with E-state index in [2.05, 4.69) is 50.3 Å². The summed E-state index contributed by atoms with van der Waals surface area (Å²) < 4.78 is 33.7. The first-order valence-corrected chi connectivity index (χ1v) is 21.2. The zero-order valence-electron chi connectivity index (χ0n) is 32.6. The predicted octanol–water partition coefficient (Wildman–Crippen LogP) is 9.94. The molecule has 292 valence electrons. The van der Waals surface area contributed by atoms with E-state index in [1.54, 1.807) is 0 Å². The Morgan fingerprint density at radius 1 is 0.620 bits per heavy atom. The molecule has 0 aliphatic rings. The molecule has 0 spiro atoms. The van der Waals surface area contributed by atoms with Crippen LogP contribution >= 0.6 is 7.82 Å². The fraction of sp³-hybridized carbons (Fsp3) is 0.800. The molecule has 0 radical (unpaired) electrons. The molecular weight excluding hydrogens is 653 g/mol. The fourth-order valence-electron chi connectivity index (χ4n) is 4.96. The monoisotopic (exact) mass is 728 g/mol. The molecule has 0 saturated heterocycles. The third-order valence-corrected chi connectivity index (χ3v) is 9.10. The van der Waals surface area contributed by atoms with Gasteiger partial charge >= 0.3 is 11.9 Å². The highest BCUT2D eigenvalue weighted by Crippen LogP contribution is 2.38. The minimum absolute atomic E-state index is 0.0355. The molecule has 0 aliphatic heterocycles. The SMILES string of the molecule is CCCC/C=C\C/C=C\CCCCCCCC(=O)O[C@H](COC(=O)CCCCCCC/C=C\CCCCC)COP(=O)([O-])OCC[N+](C)(C)C. The van der Waals surface area contributed by atoms with E-state index in [0.717, 1.165) is 83.5 Å². The van der Waals surface area contributed by atoms with Gasteiger partial charge < -0.3 is 27.9 Å². The van der Waals surface area contributed by atoms with Crippen molar-refractivity contribution in [1.29, 1.82) is 0 Å². The first-order valence-electron chi connectivity index (χ1n) is 19.7. The number of allylic oxidation sites excluding steroid dienone is 6. The summed E-state index contributed by atoms with van der Waals surface area (Å²) in [5.41, 5.74) is 0. The van der Waals surface area contributed by atoms with Crippen molar-refractivity contribution >= 4 is 19.8 Å². The maximum Gasteiger partial charge on any atom is 0.306 e. The topological polar surface area (TPSA) is 111 Å². The molecule has 0 saturated carbocycles. The van der Waals surface area contributed by atoms with E-state index >= 15 is 0 Å². The molecule has 2 atom stereocenters. The van der Waals surface area contributed by atoms with Gasteiger partial charge in [-0.05, 0) is 64.2 Å². The third-order valence-electron chi connectivity index (χ3n) is 8.13. The van der Waals surface area contributed by atoms with Gasteiger partial charge in [-0.15, -0.1) is 0 Å². The van der Waals surface area contributed by atoms with Crippen LogP contribution in [0.3, 0.4) is 0 Å². The Morgan fingerprint density at radius 2 is 1.10 bits per heavy atom. The van der Waals surface area contributed by atoms with Crippen LogP contribution in [0.2, 0.25) is 0 Å². The van der Waals surface area contributed by atoms with E-state index in [1.807, 2.05) is 21.1 Å². The second-order valence-electron chi connectivity index (χ2n) is 14.3. The van der Waals surface area contributed by atoms with Gasteiger partial charge in [0, 0.05) is 12.8 Å². The van der Waals surface area contributed by atoms with Gasteiger partial charge in [-0.1, -0.05) is 115 Å². The highest BCUT2D eigenvalue weighted by atomic mass is 31.2. The quantitative estimate of drug-likeness (QED) is 0.0209. The van der Waals surface area contributed by atoms with E-state index in [9.17, 15) is 19.0 Å². The molecule has 10 heteroatoms. The number of esters is 2. The number of rotatable bonds is 35. The number of hydrogen-bond donors (Lipinski definition) is 0. The average molecular weight is 728 g/mol. The number of phosphoric ester groups is 1. The Labute approximate surface area is 306 Å². The van der Waals surface area contributed by atoms with Crippen molar-refractivity contribution in [2.24, 2.45) is 0 Å². The van der Waals surface area contributed by atoms with E-state index in [0.29, 0.717) is 17.4 Å². The summed E-state index contributed by atoms with van der Waals surface area (Å²) in [6.07, 6.45) is 34.5. The van der Waals surface area contributed by atoms with Gasteiger partial charge in [0.25, 0.3) is 7.82 Å². The van der Waals surface area contributed by atoms with E-state index < -0.39 is 32.5 Å². The second kappa shape index (κ2) is 33.1. The molecule has 0 fully saturated rings. The molecule has 1 unspecified atom stereocenters. The number of carbonyl (C=O) groups is 2. The number of nitrogens with zero attached hydrogens (tertiary/aromatic N) is 1. The van der Waals surface area contributed by atoms with Crippen LogP contribution in [-0.4, -0.2) is 70.0 Å². The van der Waals surface area contributed by atoms with E-state index in [-0.39, 0.29) is 26.1 Å². The Balaban J connectivity index is 4.47. The van der Waals surface area contributed by atoms with Crippen LogP contribution in [0.15, 0.2) is 36.5 Å². The molecule has 0 amide bonds. The summed E-state index contributed by atoms with van der Waals surface area (Å²) in [5.74, 6) is -0.865. The van der Waals surface area contributed by atoms with Gasteiger partial charge in [0.15, 0.2) is 6.10 Å². The lowest BCUT2D eigenvalue weighted by Gasteiger charge is -2.28. The highest BCUT2D eigenvalue weighted by Gasteiger charge is 2.21. The summed E-state index contributed by atoms with van der Waals surface area (Å²) >= 11 is 0. The van der Waals surface area contributed by atoms with Gasteiger partial charge in [-0.2, -0.15) is 0 Å². The number of ether oxygens (including phenoxy) is 2. The Kier molecular flexibility index (Phi) is 31.9. The van der Waals surface area contributed by atoms with Crippen molar-refractivity contribution in [3.05, 3.63) is 36.5 Å². The van der Waals surface area contributed by atoms with E-state index in [4.69, 9.17) is 18.5 Å². The maximum absolute atomic E-state index is 12.6. The summed E-state index contributed by atoms with van der Waals surface area (Å²) in [7, 11) is 1.15. The van der Waals surface area contributed by atoms with Gasteiger partial charge in [-0.3, -0.25) is 14.2 Å². The summed E-state index contributed by atoms with van der Waals surface area (Å²) in [6, 6.07) is 0. The number of phosphoric acid groups is 1. The van der Waals surface area contributed by atoms with Crippen molar-refractivity contribution < 1.29 is 42.1 Å². The minimum atomic E-state index is -4.62. The largest absolute Gasteiger partial charge is 0.756 e. The Hall–Kier alpha value is -1.77. The highest BCUT2D eigenvalue weighted by molar-refractivity contribution is 7.45. The van der Waals surface area contributed by atoms with Gasteiger partial charge in [0.2, 0.25) is 0 Å². The minimum Gasteiger partial charge on any atom is -0.756 e. The van der Waals surface area contributed by atoms with Crippen molar-refractivity contribution in [2.75, 3.05) is 47.5 Å². The maximum atomic E-state index is 12.6. The molecule has 0 aromatic rings. The number of hydrogen-bond acceptors (Lipinski definition) is 8. The van der Waals surface area contributed by atoms with E-state index in [1.165, 1.54) is 38.5 Å². The van der Waals surface area contributed by atoms with Crippen LogP contribution in [0.1, 0.15) is 155 Å². The predicted molar refractivity (Wildman–Crippen MR) is 204 cm³/mol. The van der Waals surface area contributed by atoms with Crippen molar-refractivity contribution in [3.8, 4) is 0 Å². The summed E-state index contributed by atoms with van der Waals surface area (Å²) in [6.45, 7) is 4.11. The van der Waals surface area contributed by atoms with Gasteiger partial charge in [0.05, 0.1) is 27.7 Å². The molecule has 0 rings (SSSR count). The van der Waals surface area contributed by atoms with Crippen molar-refractivity contribution in [3.63, 3.8) is 0 Å². The van der Waals surface area contributed by atoms with Crippen LogP contribution in [-0.2, 0) is 32.7 Å². The Morgan fingerprint density at radius 3 is 1.66 bits per heavy atom. The van der Waals surface area contributed by atoms with Crippen LogP contribution in [0, 0.1) is 0 Å². The first-order chi connectivity index (χ1) is 24.0. The standard InChI is InChI=1S/C40H74NO8P/c1-6-8-10-12-14-16-18-20-21-23-25-27-29-31-33-40(43)49-38(37-48-50(44,45)47-35-34-41(3,4)5)36-46-39(42)32-30-28-26-24-22-19-17-15-13-11-9-7-2/h12,14-15,17-18,20,38H,6-11,13,16,19,21-37H2,1-5H3/b14-12-,17-15-,20-18-/t38-/m1/s1. The lowest BCUT2D eigenvalue weighted by Crippen LogP contribution is -2.37. The first kappa shape index (κ1) is 48.2. The molecule has 0 N–H and O–H groups in total. The zero-order chi connectivity index (χ0) is 37.2. The molecule has 0 aliphatic carbocycles. The molecule has 9 nitrogen and oxygen atoms in total. The second-order valence-corrected chi connectivity index (χ2v) is 15.7. The lowest BCUT2D eigenvalue weighted by atomic mass is 10.1. The summed E-state index contributed by atoms with van der Waals surface area (Å²) in [4.78, 5) is 37.3. The molecule has 0 aromatic carbocycles. The lowest BCUT2D eigenvalue weighted by molar-refractivity contribution is -0.870. The number of carbonyl (C=O) groups excluding carboxylic acids is 2. The van der Waals surface area contributed by atoms with Crippen LogP contribution in [0.25, 0.3) is 0 Å². The smallest absolute Gasteiger partial charge is 0.306 e. The van der Waals surface area contributed by atoms with Crippen LogP contribution in [0.5, 0.6) is 0 Å². The van der Waals surface area contributed by atoms with Crippen LogP contribution in [0.4, 0.5) is 0 Å². The Bertz CT molecular complexity index is 959. The van der Waals surface area contributed by atoms with Crippen LogP contribution < -0.4 is 4.89 Å². The number of unbranched alkanes of at least 4 members (excludes halogenated alkanes) is 15. The zero-order valence-corrected chi connectivity index (χ0v) is 33.5. The summed E-state index contributed by atoms with van der Waals surface area (Å²) in [5, 5.41) is 0. The number of quaternary nitrogens is 1. The average Bonchev–Trinajstić information content (AvgIpc) is 3.06. The fourth-order valence-corrected chi connectivity index (χ4v) is 5.69. The number of likely N-dealkylation sites (N-methyl/N-ethyl adjacent to an activating group) is 1. The molecule has 0 aromatic heterocycles. The van der Waals surface area contributed by atoms with Crippen molar-refractivity contribution in [2.45, 2.75) is 161 Å².